The molecule has 0 fully saturated rings. The molecule has 0 aliphatic carbocycles. The smallest absolute Gasteiger partial charge is 0.323 e. The van der Waals surface area contributed by atoms with Crippen molar-refractivity contribution < 1.29 is 9.53 Å². The molecule has 0 saturated carbocycles. The number of ether oxygens (including phenoxy) is 1. The first-order chi connectivity index (χ1) is 8.56. The van der Waals surface area contributed by atoms with Gasteiger partial charge in [0.25, 0.3) is 0 Å². The molecule has 1 unspecified atom stereocenters. The second-order valence-electron chi connectivity index (χ2n) is 4.97. The van der Waals surface area contributed by atoms with E-state index >= 15 is 0 Å². The zero-order chi connectivity index (χ0) is 14.0. The minimum absolute atomic E-state index is 0.0675. The Morgan fingerprint density at radius 3 is 2.28 bits per heavy atom. The van der Waals surface area contributed by atoms with Crippen molar-refractivity contribution in [1.82, 2.24) is 9.80 Å². The third-order valence-electron chi connectivity index (χ3n) is 3.20. The third kappa shape index (κ3) is 6.97. The molecule has 0 amide bonds. The lowest BCUT2D eigenvalue weighted by Crippen LogP contribution is -2.43. The molecule has 0 aliphatic rings. The van der Waals surface area contributed by atoms with Crippen LogP contribution in [0.3, 0.4) is 0 Å². The van der Waals surface area contributed by atoms with Gasteiger partial charge in [0.05, 0.1) is 7.11 Å². The van der Waals surface area contributed by atoms with Gasteiger partial charge in [0.2, 0.25) is 0 Å². The molecule has 0 rings (SSSR count). The summed E-state index contributed by atoms with van der Waals surface area (Å²) < 4.78 is 4.93. The molecular weight excluding hydrogens is 228 g/mol. The Labute approximate surface area is 112 Å². The molecule has 0 aromatic heterocycles. The monoisotopic (exact) mass is 258 g/mol. The van der Waals surface area contributed by atoms with E-state index in [1.165, 1.54) is 7.11 Å². The minimum Gasteiger partial charge on any atom is -0.468 e. The number of methoxy groups -OCH3 is 1. The second-order valence-corrected chi connectivity index (χ2v) is 4.97. The topological polar surface area (TPSA) is 32.8 Å². The molecule has 0 radical (unpaired) electrons. The lowest BCUT2D eigenvalue weighted by Gasteiger charge is -2.29. The highest BCUT2D eigenvalue weighted by atomic mass is 16.5. The fourth-order valence-corrected chi connectivity index (χ4v) is 2.11. The van der Waals surface area contributed by atoms with Gasteiger partial charge in [0.1, 0.15) is 6.04 Å². The van der Waals surface area contributed by atoms with Crippen molar-refractivity contribution >= 4 is 5.97 Å². The Kier molecular flexibility index (Phi) is 9.98. The van der Waals surface area contributed by atoms with Crippen LogP contribution in [-0.4, -0.2) is 62.7 Å². The van der Waals surface area contributed by atoms with E-state index in [4.69, 9.17) is 4.74 Å². The number of esters is 1. The Bertz CT molecular complexity index is 220. The SMILES string of the molecule is CCCCC(C(=O)OC)N(CC)CCCN(C)C. The van der Waals surface area contributed by atoms with Crippen LogP contribution in [0.25, 0.3) is 0 Å². The highest BCUT2D eigenvalue weighted by molar-refractivity contribution is 5.75. The van der Waals surface area contributed by atoms with Gasteiger partial charge < -0.3 is 9.64 Å². The molecule has 0 aromatic carbocycles. The Morgan fingerprint density at radius 2 is 1.83 bits per heavy atom. The molecule has 0 aromatic rings. The van der Waals surface area contributed by atoms with Crippen LogP contribution in [0.2, 0.25) is 0 Å². The van der Waals surface area contributed by atoms with Gasteiger partial charge in [0.15, 0.2) is 0 Å². The van der Waals surface area contributed by atoms with Gasteiger partial charge in [-0.05, 0) is 40.0 Å². The maximum atomic E-state index is 11.8. The summed E-state index contributed by atoms with van der Waals surface area (Å²) in [5.41, 5.74) is 0. The molecule has 0 spiro atoms. The highest BCUT2D eigenvalue weighted by Gasteiger charge is 2.24. The quantitative estimate of drug-likeness (QED) is 0.561. The average Bonchev–Trinajstić information content (AvgIpc) is 2.35. The molecule has 0 N–H and O–H groups in total. The van der Waals surface area contributed by atoms with Gasteiger partial charge in [-0.25, -0.2) is 0 Å². The van der Waals surface area contributed by atoms with Gasteiger partial charge in [-0.15, -0.1) is 0 Å². The maximum absolute atomic E-state index is 11.8. The van der Waals surface area contributed by atoms with Crippen molar-refractivity contribution in [3.05, 3.63) is 0 Å². The van der Waals surface area contributed by atoms with Crippen molar-refractivity contribution in [2.45, 2.75) is 45.6 Å². The summed E-state index contributed by atoms with van der Waals surface area (Å²) in [6.07, 6.45) is 4.17. The van der Waals surface area contributed by atoms with Crippen molar-refractivity contribution in [3.63, 3.8) is 0 Å². The summed E-state index contributed by atoms with van der Waals surface area (Å²) in [5, 5.41) is 0. The molecule has 4 nitrogen and oxygen atoms in total. The lowest BCUT2D eigenvalue weighted by molar-refractivity contribution is -0.147. The fraction of sp³-hybridized carbons (Fsp3) is 0.929. The van der Waals surface area contributed by atoms with E-state index in [-0.39, 0.29) is 12.0 Å². The first-order valence-corrected chi connectivity index (χ1v) is 7.03. The van der Waals surface area contributed by atoms with Crippen LogP contribution in [0, 0.1) is 0 Å². The zero-order valence-corrected chi connectivity index (χ0v) is 12.7. The lowest BCUT2D eigenvalue weighted by atomic mass is 10.1. The maximum Gasteiger partial charge on any atom is 0.323 e. The summed E-state index contributed by atoms with van der Waals surface area (Å²) in [6, 6.07) is -0.0675. The van der Waals surface area contributed by atoms with Gasteiger partial charge in [-0.3, -0.25) is 9.69 Å². The van der Waals surface area contributed by atoms with Gasteiger partial charge in [-0.2, -0.15) is 0 Å². The van der Waals surface area contributed by atoms with Crippen molar-refractivity contribution in [2.24, 2.45) is 0 Å². The average molecular weight is 258 g/mol. The summed E-state index contributed by atoms with van der Waals surface area (Å²) in [7, 11) is 5.63. The van der Waals surface area contributed by atoms with Crippen molar-refractivity contribution in [3.8, 4) is 0 Å². The van der Waals surface area contributed by atoms with Crippen LogP contribution in [0.15, 0.2) is 0 Å². The predicted octanol–water partition coefficient (Wildman–Crippen LogP) is 1.99. The molecular formula is C14H30N2O2. The second kappa shape index (κ2) is 10.3. The first kappa shape index (κ1) is 17.4. The predicted molar refractivity (Wildman–Crippen MR) is 75.7 cm³/mol. The number of carbonyl (C=O) groups is 1. The van der Waals surface area contributed by atoms with Crippen LogP contribution < -0.4 is 0 Å². The number of unbranched alkanes of at least 4 members (excludes halogenated alkanes) is 1. The van der Waals surface area contributed by atoms with E-state index < -0.39 is 0 Å². The van der Waals surface area contributed by atoms with Crippen molar-refractivity contribution in [2.75, 3.05) is 40.8 Å². The molecule has 108 valence electrons. The van der Waals surface area contributed by atoms with Crippen molar-refractivity contribution in [1.29, 1.82) is 0 Å². The van der Waals surface area contributed by atoms with E-state index in [0.29, 0.717) is 0 Å². The number of rotatable bonds is 10. The Hall–Kier alpha value is -0.610. The number of hydrogen-bond donors (Lipinski definition) is 0. The molecule has 0 bridgehead atoms. The van der Waals surface area contributed by atoms with E-state index in [0.717, 1.165) is 45.3 Å². The minimum atomic E-state index is -0.0878. The molecule has 4 heteroatoms. The standard InChI is InChI=1S/C14H30N2O2/c1-6-8-10-13(14(17)18-5)16(7-2)12-9-11-15(3)4/h13H,6-12H2,1-5H3. The number of nitrogens with zero attached hydrogens (tertiary/aromatic N) is 2. The first-order valence-electron chi connectivity index (χ1n) is 7.03. The number of hydrogen-bond acceptors (Lipinski definition) is 4. The van der Waals surface area contributed by atoms with Crippen LogP contribution in [-0.2, 0) is 9.53 Å². The van der Waals surface area contributed by atoms with Crippen LogP contribution >= 0.6 is 0 Å². The van der Waals surface area contributed by atoms with Gasteiger partial charge in [-0.1, -0.05) is 26.7 Å². The summed E-state index contributed by atoms with van der Waals surface area (Å²) in [6.45, 7) is 7.17. The largest absolute Gasteiger partial charge is 0.468 e. The molecule has 0 aliphatic heterocycles. The van der Waals surface area contributed by atoms with Gasteiger partial charge >= 0.3 is 5.97 Å². The number of carbonyl (C=O) groups excluding carboxylic acids is 1. The highest BCUT2D eigenvalue weighted by Crippen LogP contribution is 2.11. The van der Waals surface area contributed by atoms with E-state index in [1.807, 2.05) is 0 Å². The van der Waals surface area contributed by atoms with Crippen LogP contribution in [0.1, 0.15) is 39.5 Å². The Morgan fingerprint density at radius 1 is 1.17 bits per heavy atom. The van der Waals surface area contributed by atoms with Gasteiger partial charge in [0, 0.05) is 6.54 Å². The van der Waals surface area contributed by atoms with E-state index in [1.54, 1.807) is 0 Å². The molecule has 1 atom stereocenters. The van der Waals surface area contributed by atoms with E-state index in [2.05, 4.69) is 37.7 Å². The Balaban J connectivity index is 4.35. The fourth-order valence-electron chi connectivity index (χ4n) is 2.11. The summed E-state index contributed by atoms with van der Waals surface area (Å²) in [4.78, 5) is 16.3. The molecule has 18 heavy (non-hydrogen) atoms. The van der Waals surface area contributed by atoms with Crippen LogP contribution in [0.5, 0.6) is 0 Å². The molecule has 0 saturated heterocycles. The number of likely N-dealkylation sites (N-methyl/N-ethyl adjacent to an activating group) is 1. The van der Waals surface area contributed by atoms with E-state index in [9.17, 15) is 4.79 Å². The third-order valence-corrected chi connectivity index (χ3v) is 3.20. The summed E-state index contributed by atoms with van der Waals surface area (Å²) in [5.74, 6) is -0.0878. The van der Waals surface area contributed by atoms with Crippen LogP contribution in [0.4, 0.5) is 0 Å². The zero-order valence-electron chi connectivity index (χ0n) is 12.7. The summed E-state index contributed by atoms with van der Waals surface area (Å²) >= 11 is 0. The molecule has 0 heterocycles. The normalized spacial score (nSPS) is 13.1.